The second kappa shape index (κ2) is 6.89. The molecule has 19 heavy (non-hydrogen) atoms. The fourth-order valence-corrected chi connectivity index (χ4v) is 2.90. The van der Waals surface area contributed by atoms with Gasteiger partial charge in [0.25, 0.3) is 0 Å². The van der Waals surface area contributed by atoms with E-state index in [9.17, 15) is 0 Å². The smallest absolute Gasteiger partial charge is 0.191 e. The number of aromatic nitrogens is 1. The SMILES string of the molecule is CCNC(=NCCc1nc(C)c(C)s1)NC1CCC1. The number of guanidine groups is 1. The van der Waals surface area contributed by atoms with Gasteiger partial charge in [0.15, 0.2) is 5.96 Å². The standard InChI is InChI=1S/C14H24N4S/c1-4-15-14(18-12-6-5-7-12)16-9-8-13-17-10(2)11(3)19-13/h12H,4-9H2,1-3H3,(H2,15,16,18). The molecule has 4 nitrogen and oxygen atoms in total. The van der Waals surface area contributed by atoms with Gasteiger partial charge in [-0.1, -0.05) is 0 Å². The van der Waals surface area contributed by atoms with Crippen LogP contribution in [-0.2, 0) is 6.42 Å². The van der Waals surface area contributed by atoms with Gasteiger partial charge in [-0.2, -0.15) is 0 Å². The van der Waals surface area contributed by atoms with Crippen molar-refractivity contribution in [2.75, 3.05) is 13.1 Å². The van der Waals surface area contributed by atoms with Crippen molar-refractivity contribution in [2.24, 2.45) is 4.99 Å². The molecule has 0 aromatic carbocycles. The summed E-state index contributed by atoms with van der Waals surface area (Å²) in [5, 5.41) is 7.98. The largest absolute Gasteiger partial charge is 0.357 e. The van der Waals surface area contributed by atoms with Gasteiger partial charge in [0, 0.05) is 30.4 Å². The van der Waals surface area contributed by atoms with Crippen molar-refractivity contribution in [1.29, 1.82) is 0 Å². The second-order valence-corrected chi connectivity index (χ2v) is 6.32. The fraction of sp³-hybridized carbons (Fsp3) is 0.714. The van der Waals surface area contributed by atoms with Crippen LogP contribution in [0, 0.1) is 13.8 Å². The van der Waals surface area contributed by atoms with E-state index in [1.165, 1.54) is 29.1 Å². The minimum absolute atomic E-state index is 0.627. The number of nitrogens with zero attached hydrogens (tertiary/aromatic N) is 2. The third kappa shape index (κ3) is 4.20. The van der Waals surface area contributed by atoms with Crippen LogP contribution in [0.5, 0.6) is 0 Å². The average molecular weight is 280 g/mol. The van der Waals surface area contributed by atoms with Crippen molar-refractivity contribution < 1.29 is 0 Å². The van der Waals surface area contributed by atoms with Gasteiger partial charge < -0.3 is 10.6 Å². The first-order valence-electron chi connectivity index (χ1n) is 7.16. The molecule has 1 fully saturated rings. The highest BCUT2D eigenvalue weighted by Gasteiger charge is 2.17. The van der Waals surface area contributed by atoms with E-state index in [1.807, 2.05) is 0 Å². The number of rotatable bonds is 5. The average Bonchev–Trinajstić information content (AvgIpc) is 2.63. The molecule has 1 aromatic heterocycles. The molecular weight excluding hydrogens is 256 g/mol. The first-order chi connectivity index (χ1) is 9.19. The summed E-state index contributed by atoms with van der Waals surface area (Å²) in [4.78, 5) is 10.5. The quantitative estimate of drug-likeness (QED) is 0.643. The van der Waals surface area contributed by atoms with E-state index in [0.29, 0.717) is 6.04 Å². The highest BCUT2D eigenvalue weighted by Crippen LogP contribution is 2.18. The minimum Gasteiger partial charge on any atom is -0.357 e. The number of hydrogen-bond acceptors (Lipinski definition) is 3. The zero-order chi connectivity index (χ0) is 13.7. The van der Waals surface area contributed by atoms with E-state index >= 15 is 0 Å². The lowest BCUT2D eigenvalue weighted by Gasteiger charge is -2.28. The van der Waals surface area contributed by atoms with Gasteiger partial charge in [0.1, 0.15) is 0 Å². The third-order valence-electron chi connectivity index (χ3n) is 3.46. The molecule has 0 saturated heterocycles. The van der Waals surface area contributed by atoms with Crippen LogP contribution < -0.4 is 10.6 Å². The summed E-state index contributed by atoms with van der Waals surface area (Å²) in [5.41, 5.74) is 1.16. The Hall–Kier alpha value is -1.10. The van der Waals surface area contributed by atoms with Crippen LogP contribution in [0.1, 0.15) is 41.8 Å². The van der Waals surface area contributed by atoms with Gasteiger partial charge in [-0.15, -0.1) is 11.3 Å². The summed E-state index contributed by atoms with van der Waals surface area (Å²) in [7, 11) is 0. The molecule has 0 atom stereocenters. The maximum Gasteiger partial charge on any atom is 0.191 e. The van der Waals surface area contributed by atoms with Gasteiger partial charge in [-0.05, 0) is 40.0 Å². The molecule has 0 aliphatic heterocycles. The Morgan fingerprint density at radius 3 is 2.74 bits per heavy atom. The molecular formula is C14H24N4S. The van der Waals surface area contributed by atoms with Gasteiger partial charge in [-0.3, -0.25) is 4.99 Å². The molecule has 0 radical (unpaired) electrons. The first kappa shape index (κ1) is 14.3. The highest BCUT2D eigenvalue weighted by atomic mass is 32.1. The predicted octanol–water partition coefficient (Wildman–Crippen LogP) is 2.41. The molecule has 0 unspecified atom stereocenters. The highest BCUT2D eigenvalue weighted by molar-refractivity contribution is 7.11. The van der Waals surface area contributed by atoms with Crippen molar-refractivity contribution in [3.8, 4) is 0 Å². The van der Waals surface area contributed by atoms with E-state index in [0.717, 1.165) is 31.2 Å². The normalized spacial score (nSPS) is 16.3. The van der Waals surface area contributed by atoms with Gasteiger partial charge in [0.2, 0.25) is 0 Å². The monoisotopic (exact) mass is 280 g/mol. The number of hydrogen-bond donors (Lipinski definition) is 2. The van der Waals surface area contributed by atoms with Crippen molar-refractivity contribution in [1.82, 2.24) is 15.6 Å². The Morgan fingerprint density at radius 1 is 1.42 bits per heavy atom. The maximum absolute atomic E-state index is 4.63. The second-order valence-electron chi connectivity index (χ2n) is 5.03. The molecule has 1 heterocycles. The van der Waals surface area contributed by atoms with Gasteiger partial charge in [-0.25, -0.2) is 4.98 Å². The van der Waals surface area contributed by atoms with Crippen molar-refractivity contribution in [3.05, 3.63) is 15.6 Å². The maximum atomic E-state index is 4.63. The van der Waals surface area contributed by atoms with Crippen LogP contribution in [0.4, 0.5) is 0 Å². The number of thiazole rings is 1. The zero-order valence-electron chi connectivity index (χ0n) is 12.1. The van der Waals surface area contributed by atoms with E-state index < -0.39 is 0 Å². The lowest BCUT2D eigenvalue weighted by atomic mass is 9.93. The van der Waals surface area contributed by atoms with Gasteiger partial charge in [0.05, 0.1) is 10.7 Å². The number of aryl methyl sites for hydroxylation is 2. The van der Waals surface area contributed by atoms with Crippen LogP contribution in [0.2, 0.25) is 0 Å². The summed E-state index contributed by atoms with van der Waals surface area (Å²) >= 11 is 1.79. The molecule has 0 amide bonds. The molecule has 1 saturated carbocycles. The molecule has 5 heteroatoms. The Balaban J connectivity index is 1.82. The summed E-state index contributed by atoms with van der Waals surface area (Å²) in [5.74, 6) is 0.956. The van der Waals surface area contributed by atoms with Crippen molar-refractivity contribution in [3.63, 3.8) is 0 Å². The molecule has 0 spiro atoms. The van der Waals surface area contributed by atoms with Crippen molar-refractivity contribution in [2.45, 2.75) is 52.5 Å². The number of nitrogens with one attached hydrogen (secondary N) is 2. The lowest BCUT2D eigenvalue weighted by molar-refractivity contribution is 0.380. The predicted molar refractivity (Wildman–Crippen MR) is 82.0 cm³/mol. The van der Waals surface area contributed by atoms with Crippen LogP contribution in [-0.4, -0.2) is 30.1 Å². The fourth-order valence-electron chi connectivity index (χ4n) is 1.98. The van der Waals surface area contributed by atoms with E-state index in [4.69, 9.17) is 0 Å². The van der Waals surface area contributed by atoms with Crippen LogP contribution in [0.15, 0.2) is 4.99 Å². The molecule has 2 rings (SSSR count). The topological polar surface area (TPSA) is 49.3 Å². The molecule has 0 bridgehead atoms. The minimum atomic E-state index is 0.627. The zero-order valence-corrected chi connectivity index (χ0v) is 12.9. The van der Waals surface area contributed by atoms with Crippen LogP contribution in [0.3, 0.4) is 0 Å². The number of aliphatic imine (C=N–C) groups is 1. The summed E-state index contributed by atoms with van der Waals surface area (Å²) in [6, 6.07) is 0.627. The summed E-state index contributed by atoms with van der Waals surface area (Å²) < 4.78 is 0. The first-order valence-corrected chi connectivity index (χ1v) is 7.98. The van der Waals surface area contributed by atoms with Crippen LogP contribution >= 0.6 is 11.3 Å². The summed E-state index contributed by atoms with van der Waals surface area (Å²) in [6.07, 6.45) is 4.82. The molecule has 106 valence electrons. The lowest BCUT2D eigenvalue weighted by Crippen LogP contribution is -2.46. The van der Waals surface area contributed by atoms with E-state index in [-0.39, 0.29) is 0 Å². The molecule has 1 aliphatic carbocycles. The third-order valence-corrected chi connectivity index (χ3v) is 4.59. The molecule has 1 aliphatic rings. The Kier molecular flexibility index (Phi) is 5.19. The Morgan fingerprint density at radius 2 is 2.21 bits per heavy atom. The van der Waals surface area contributed by atoms with Gasteiger partial charge >= 0.3 is 0 Å². The van der Waals surface area contributed by atoms with E-state index in [1.54, 1.807) is 11.3 Å². The van der Waals surface area contributed by atoms with Crippen molar-refractivity contribution >= 4 is 17.3 Å². The van der Waals surface area contributed by atoms with Crippen LogP contribution in [0.25, 0.3) is 0 Å². The van der Waals surface area contributed by atoms with E-state index in [2.05, 4.69) is 41.4 Å². The molecule has 1 aromatic rings. The Labute approximate surface area is 119 Å². The Bertz CT molecular complexity index is 415. The summed E-state index contributed by atoms with van der Waals surface area (Å²) in [6.45, 7) is 8.01. The molecule has 2 N–H and O–H groups in total.